The second kappa shape index (κ2) is 12.2. The van der Waals surface area contributed by atoms with Crippen LogP contribution in [0.4, 0.5) is 0 Å². The van der Waals surface area contributed by atoms with Gasteiger partial charge in [-0.2, -0.15) is 0 Å². The third kappa shape index (κ3) is 8.87. The Hall–Kier alpha value is -2.75. The Balaban J connectivity index is 1.80. The minimum atomic E-state index is -3.74. The van der Waals surface area contributed by atoms with E-state index < -0.39 is 28.1 Å². The number of hydrogen-bond acceptors (Lipinski definition) is 5. The molecule has 0 aliphatic rings. The Bertz CT molecular complexity index is 936. The zero-order valence-electron chi connectivity index (χ0n) is 17.6. The van der Waals surface area contributed by atoms with Gasteiger partial charge in [0.15, 0.2) is 6.04 Å². The summed E-state index contributed by atoms with van der Waals surface area (Å²) in [6, 6.07) is 17.2. The van der Waals surface area contributed by atoms with Crippen LogP contribution in [0.25, 0.3) is 0 Å². The van der Waals surface area contributed by atoms with Crippen LogP contribution in [0.1, 0.15) is 17.5 Å². The number of benzene rings is 2. The summed E-state index contributed by atoms with van der Waals surface area (Å²) < 4.78 is 32.0. The highest BCUT2D eigenvalue weighted by atomic mass is 32.2. The number of hydrogen-bond donors (Lipinski definition) is 3. The molecule has 0 unspecified atom stereocenters. The topological polar surface area (TPSA) is 129 Å². The molecule has 0 bridgehead atoms. The van der Waals surface area contributed by atoms with Crippen molar-refractivity contribution in [3.63, 3.8) is 0 Å². The Morgan fingerprint density at radius 2 is 1.52 bits per heavy atom. The van der Waals surface area contributed by atoms with E-state index in [1.807, 2.05) is 60.7 Å². The van der Waals surface area contributed by atoms with Crippen LogP contribution in [-0.2, 0) is 37.2 Å². The Labute approximate surface area is 183 Å². The van der Waals surface area contributed by atoms with Gasteiger partial charge in [-0.15, -0.1) is 0 Å². The third-order valence-corrected chi connectivity index (χ3v) is 6.14. The van der Waals surface area contributed by atoms with Gasteiger partial charge in [0, 0.05) is 13.0 Å². The number of nitrogens with one attached hydrogen (secondary N) is 2. The molecule has 8 nitrogen and oxygen atoms in total. The predicted octanol–water partition coefficient (Wildman–Crippen LogP) is 0.0496. The zero-order chi connectivity index (χ0) is 22.7. The maximum absolute atomic E-state index is 12.4. The van der Waals surface area contributed by atoms with Gasteiger partial charge in [-0.3, -0.25) is 9.59 Å². The van der Waals surface area contributed by atoms with Crippen molar-refractivity contribution in [1.82, 2.24) is 10.0 Å². The molecule has 2 aromatic rings. The highest BCUT2D eigenvalue weighted by molar-refractivity contribution is 7.89. The van der Waals surface area contributed by atoms with Gasteiger partial charge in [0.25, 0.3) is 5.91 Å². The summed E-state index contributed by atoms with van der Waals surface area (Å²) >= 11 is 0. The van der Waals surface area contributed by atoms with Crippen LogP contribution in [0, 0.1) is 0 Å². The van der Waals surface area contributed by atoms with E-state index >= 15 is 0 Å². The highest BCUT2D eigenvalue weighted by Crippen LogP contribution is 2.06. The standard InChI is InChI=1S/C22H29N3O5S/c1-30-22(27)20(16-18-11-6-3-7-12-18)25-31(28,29)14-8-13-24-21(26)19(23)15-17-9-4-2-5-10-17/h2-7,9-12,19-20,25H,8,13-16,23H2,1H3,(H,24,26)/p+1/t19-,20-/m0/s1. The van der Waals surface area contributed by atoms with Crippen molar-refractivity contribution in [1.29, 1.82) is 0 Å². The lowest BCUT2D eigenvalue weighted by Gasteiger charge is -2.17. The van der Waals surface area contributed by atoms with Crippen LogP contribution in [0.15, 0.2) is 60.7 Å². The minimum Gasteiger partial charge on any atom is -0.468 e. The Morgan fingerprint density at radius 1 is 0.968 bits per heavy atom. The molecule has 0 saturated carbocycles. The summed E-state index contributed by atoms with van der Waals surface area (Å²) in [5, 5.41) is 2.72. The SMILES string of the molecule is COC(=O)[C@H](Cc1ccccc1)NS(=O)(=O)CCCNC(=O)[C@@H]([NH3+])Cc1ccccc1. The first-order valence-electron chi connectivity index (χ1n) is 10.1. The van der Waals surface area contributed by atoms with E-state index in [9.17, 15) is 18.0 Å². The highest BCUT2D eigenvalue weighted by Gasteiger charge is 2.25. The molecule has 0 spiro atoms. The van der Waals surface area contributed by atoms with Crippen molar-refractivity contribution in [3.05, 3.63) is 71.8 Å². The average molecular weight is 449 g/mol. The summed E-state index contributed by atoms with van der Waals surface area (Å²) in [6.07, 6.45) is 0.900. The number of carbonyl (C=O) groups is 2. The van der Waals surface area contributed by atoms with Crippen LogP contribution in [0.3, 0.4) is 0 Å². The number of esters is 1. The molecule has 0 fully saturated rings. The van der Waals surface area contributed by atoms with Gasteiger partial charge in [-0.05, 0) is 24.0 Å². The van der Waals surface area contributed by atoms with Crippen molar-refractivity contribution in [2.45, 2.75) is 31.3 Å². The first-order chi connectivity index (χ1) is 14.8. The summed E-state index contributed by atoms with van der Waals surface area (Å²) in [6.45, 7) is 0.197. The quantitative estimate of drug-likeness (QED) is 0.312. The molecule has 2 rings (SSSR count). The van der Waals surface area contributed by atoms with E-state index in [2.05, 4.69) is 15.8 Å². The van der Waals surface area contributed by atoms with Crippen molar-refractivity contribution in [2.75, 3.05) is 19.4 Å². The molecule has 9 heteroatoms. The second-order valence-electron chi connectivity index (χ2n) is 7.23. The monoisotopic (exact) mass is 448 g/mol. The Morgan fingerprint density at radius 3 is 2.06 bits per heavy atom. The minimum absolute atomic E-state index is 0.187. The van der Waals surface area contributed by atoms with Crippen molar-refractivity contribution < 1.29 is 28.5 Å². The normalized spacial score (nSPS) is 13.2. The van der Waals surface area contributed by atoms with Crippen LogP contribution in [0.5, 0.6) is 0 Å². The molecule has 0 radical (unpaired) electrons. The maximum Gasteiger partial charge on any atom is 0.324 e. The lowest BCUT2D eigenvalue weighted by Crippen LogP contribution is -2.68. The zero-order valence-corrected chi connectivity index (χ0v) is 18.4. The van der Waals surface area contributed by atoms with Crippen LogP contribution >= 0.6 is 0 Å². The van der Waals surface area contributed by atoms with E-state index in [0.717, 1.165) is 11.1 Å². The summed E-state index contributed by atoms with van der Waals surface area (Å²) in [7, 11) is -2.52. The molecular weight excluding hydrogens is 418 g/mol. The fourth-order valence-electron chi connectivity index (χ4n) is 3.05. The van der Waals surface area contributed by atoms with E-state index in [1.165, 1.54) is 7.11 Å². The van der Waals surface area contributed by atoms with Crippen LogP contribution < -0.4 is 15.8 Å². The molecule has 0 aliphatic carbocycles. The van der Waals surface area contributed by atoms with E-state index in [0.29, 0.717) is 6.42 Å². The molecule has 31 heavy (non-hydrogen) atoms. The number of ether oxygens (including phenoxy) is 1. The molecule has 0 saturated heterocycles. The largest absolute Gasteiger partial charge is 0.468 e. The first-order valence-corrected chi connectivity index (χ1v) is 11.7. The number of amides is 1. The molecule has 1 amide bonds. The predicted molar refractivity (Wildman–Crippen MR) is 117 cm³/mol. The fourth-order valence-corrected chi connectivity index (χ4v) is 4.31. The van der Waals surface area contributed by atoms with Crippen molar-refractivity contribution in [2.24, 2.45) is 0 Å². The average Bonchev–Trinajstić information content (AvgIpc) is 2.76. The van der Waals surface area contributed by atoms with Gasteiger partial charge in [0.05, 0.1) is 12.9 Å². The van der Waals surface area contributed by atoms with E-state index in [4.69, 9.17) is 4.74 Å². The molecule has 2 atom stereocenters. The van der Waals surface area contributed by atoms with Crippen LogP contribution in [-0.4, -0.2) is 51.8 Å². The van der Waals surface area contributed by atoms with Gasteiger partial charge < -0.3 is 15.8 Å². The number of rotatable bonds is 12. The number of sulfonamides is 1. The molecule has 5 N–H and O–H groups in total. The van der Waals surface area contributed by atoms with Gasteiger partial charge in [0.2, 0.25) is 10.0 Å². The van der Waals surface area contributed by atoms with Gasteiger partial charge in [-0.1, -0.05) is 60.7 Å². The molecule has 0 aliphatic heterocycles. The maximum atomic E-state index is 12.4. The third-order valence-electron chi connectivity index (χ3n) is 4.67. The summed E-state index contributed by atoms with van der Waals surface area (Å²) in [4.78, 5) is 24.2. The van der Waals surface area contributed by atoms with E-state index in [-0.39, 0.29) is 31.0 Å². The summed E-state index contributed by atoms with van der Waals surface area (Å²) in [5.41, 5.74) is 5.70. The van der Waals surface area contributed by atoms with Crippen molar-refractivity contribution >= 4 is 21.9 Å². The van der Waals surface area contributed by atoms with Gasteiger partial charge >= 0.3 is 5.97 Å². The van der Waals surface area contributed by atoms with Gasteiger partial charge in [-0.25, -0.2) is 13.1 Å². The lowest BCUT2D eigenvalue weighted by atomic mass is 10.1. The smallest absolute Gasteiger partial charge is 0.324 e. The van der Waals surface area contributed by atoms with Crippen LogP contribution in [0.2, 0.25) is 0 Å². The lowest BCUT2D eigenvalue weighted by molar-refractivity contribution is -0.403. The number of methoxy groups -OCH3 is 1. The number of quaternary nitrogens is 1. The Kier molecular flexibility index (Phi) is 9.64. The molecule has 0 heterocycles. The summed E-state index contributed by atoms with van der Waals surface area (Å²) in [5.74, 6) is -1.11. The van der Waals surface area contributed by atoms with Gasteiger partial charge in [0.1, 0.15) is 6.04 Å². The molecule has 0 aromatic heterocycles. The fraction of sp³-hybridized carbons (Fsp3) is 0.364. The molecule has 2 aromatic carbocycles. The van der Waals surface area contributed by atoms with E-state index in [1.54, 1.807) is 0 Å². The molecular formula is C22H30N3O5S+. The number of carbonyl (C=O) groups excluding carboxylic acids is 2. The van der Waals surface area contributed by atoms with Crippen molar-refractivity contribution in [3.8, 4) is 0 Å². The first kappa shape index (κ1) is 24.5. The second-order valence-corrected chi connectivity index (χ2v) is 9.11. The molecule has 168 valence electrons.